The van der Waals surface area contributed by atoms with Gasteiger partial charge in [-0.05, 0) is 171 Å². The first-order chi connectivity index (χ1) is 33.6. The molecule has 0 saturated heterocycles. The van der Waals surface area contributed by atoms with Crippen LogP contribution in [0.2, 0.25) is 0 Å². The first kappa shape index (κ1) is 39.1. The Morgan fingerprint density at radius 2 is 0.574 bits per heavy atom. The van der Waals surface area contributed by atoms with E-state index < -0.39 is 0 Å². The van der Waals surface area contributed by atoms with Gasteiger partial charge in [0.15, 0.2) is 11.2 Å². The number of nitrogens with zero attached hydrogens (tertiary/aromatic N) is 4. The first-order valence-corrected chi connectivity index (χ1v) is 22.8. The Kier molecular flexibility index (Phi) is 9.39. The minimum Gasteiger partial charge on any atom is -0.436 e. The molecule has 0 spiro atoms. The predicted octanol–water partition coefficient (Wildman–Crippen LogP) is 17.4. The van der Waals surface area contributed by atoms with Crippen molar-refractivity contribution in [1.29, 1.82) is 0 Å². The van der Waals surface area contributed by atoms with Crippen molar-refractivity contribution < 1.29 is 8.83 Å². The van der Waals surface area contributed by atoms with Gasteiger partial charge in [-0.1, -0.05) is 115 Å². The molecule has 0 radical (unpaired) electrons. The van der Waals surface area contributed by atoms with Crippen LogP contribution < -0.4 is 9.80 Å². The molecule has 13 aromatic rings. The average molecular weight is 873 g/mol. The standard InChI is InChI=1S/C62H40N4O2/c1-3-11-46-38-54(34-21-41(46)9-1)65(52-30-23-44(24-31-52)61-63-57-13-5-7-15-59(57)67-61)51-28-19-43(20-29-51)48-17-18-50-40-56(36-27-49(50)37-48)66(55-35-22-42-10-2-4-12-47(42)39-55)53-32-25-45(26-33-53)62-64-58-14-6-8-16-60(58)68-62/h1-40H. The van der Waals surface area contributed by atoms with Gasteiger partial charge >= 0.3 is 0 Å². The molecule has 0 unspecified atom stereocenters. The van der Waals surface area contributed by atoms with Crippen molar-refractivity contribution in [3.8, 4) is 34.0 Å². The van der Waals surface area contributed by atoms with Crippen molar-refractivity contribution in [2.45, 2.75) is 0 Å². The maximum Gasteiger partial charge on any atom is 0.227 e. The van der Waals surface area contributed by atoms with Gasteiger partial charge in [-0.2, -0.15) is 0 Å². The Bertz CT molecular complexity index is 3920. The second-order valence-corrected chi connectivity index (χ2v) is 17.1. The normalized spacial score (nSPS) is 11.5. The number of oxazole rings is 2. The Morgan fingerprint density at radius 3 is 1.04 bits per heavy atom. The second-order valence-electron chi connectivity index (χ2n) is 17.1. The van der Waals surface area contributed by atoms with Gasteiger partial charge < -0.3 is 18.6 Å². The van der Waals surface area contributed by atoms with E-state index in [2.05, 4.69) is 204 Å². The largest absolute Gasteiger partial charge is 0.436 e. The number of benzene rings is 11. The Labute approximate surface area is 392 Å². The maximum atomic E-state index is 6.12. The van der Waals surface area contributed by atoms with Crippen molar-refractivity contribution in [3.63, 3.8) is 0 Å². The number of aromatic nitrogens is 2. The highest BCUT2D eigenvalue weighted by molar-refractivity contribution is 5.95. The monoisotopic (exact) mass is 872 g/mol. The van der Waals surface area contributed by atoms with E-state index in [0.29, 0.717) is 11.8 Å². The molecule has 0 amide bonds. The van der Waals surface area contributed by atoms with E-state index in [0.717, 1.165) is 89.4 Å². The molecule has 2 aromatic heterocycles. The molecule has 11 aromatic carbocycles. The van der Waals surface area contributed by atoms with Crippen molar-refractivity contribution in [2.24, 2.45) is 0 Å². The minimum absolute atomic E-state index is 0.608. The number of hydrogen-bond donors (Lipinski definition) is 0. The summed E-state index contributed by atoms with van der Waals surface area (Å²) in [6.45, 7) is 0. The lowest BCUT2D eigenvalue weighted by molar-refractivity contribution is 0.619. The highest BCUT2D eigenvalue weighted by Gasteiger charge is 2.18. The molecular formula is C62H40N4O2. The van der Waals surface area contributed by atoms with Crippen molar-refractivity contribution in [2.75, 3.05) is 9.80 Å². The van der Waals surface area contributed by atoms with Gasteiger partial charge in [0.25, 0.3) is 0 Å². The van der Waals surface area contributed by atoms with Gasteiger partial charge in [-0.3, -0.25) is 0 Å². The molecule has 0 atom stereocenters. The highest BCUT2D eigenvalue weighted by Crippen LogP contribution is 2.41. The molecule has 0 N–H and O–H groups in total. The van der Waals surface area contributed by atoms with Gasteiger partial charge in [0.1, 0.15) is 11.0 Å². The number of para-hydroxylation sites is 4. The van der Waals surface area contributed by atoms with E-state index >= 15 is 0 Å². The molecule has 6 nitrogen and oxygen atoms in total. The minimum atomic E-state index is 0.608. The number of fused-ring (bicyclic) bond motifs is 5. The van der Waals surface area contributed by atoms with Crippen molar-refractivity contribution >= 4 is 88.6 Å². The number of anilines is 6. The van der Waals surface area contributed by atoms with Gasteiger partial charge in [0.05, 0.1) is 0 Å². The summed E-state index contributed by atoms with van der Waals surface area (Å²) in [6.07, 6.45) is 0. The SMILES string of the molecule is c1ccc2cc(N(c3ccc(-c4ccc5cc(N(c6ccc(-c7nc8ccccc8o7)cc6)c6ccc7ccccc7c6)ccc5c4)cc3)c3ccc(-c4nc5ccccc5o4)cc3)ccc2c1. The van der Waals surface area contributed by atoms with Crippen LogP contribution in [0.3, 0.4) is 0 Å². The zero-order chi connectivity index (χ0) is 45.0. The quantitative estimate of drug-likeness (QED) is 0.144. The third-order valence-electron chi connectivity index (χ3n) is 12.9. The smallest absolute Gasteiger partial charge is 0.227 e. The van der Waals surface area contributed by atoms with Crippen LogP contribution in [0.5, 0.6) is 0 Å². The summed E-state index contributed by atoms with van der Waals surface area (Å²) < 4.78 is 12.2. The summed E-state index contributed by atoms with van der Waals surface area (Å²) in [4.78, 5) is 14.1. The van der Waals surface area contributed by atoms with Crippen LogP contribution >= 0.6 is 0 Å². The van der Waals surface area contributed by atoms with E-state index in [1.54, 1.807) is 0 Å². The fourth-order valence-corrected chi connectivity index (χ4v) is 9.38. The third kappa shape index (κ3) is 7.18. The summed E-state index contributed by atoms with van der Waals surface area (Å²) >= 11 is 0. The first-order valence-electron chi connectivity index (χ1n) is 22.8. The number of hydrogen-bond acceptors (Lipinski definition) is 6. The zero-order valence-electron chi connectivity index (χ0n) is 36.7. The molecule has 0 aliphatic carbocycles. The number of rotatable bonds is 9. The fourth-order valence-electron chi connectivity index (χ4n) is 9.38. The molecule has 2 heterocycles. The zero-order valence-corrected chi connectivity index (χ0v) is 36.7. The topological polar surface area (TPSA) is 58.5 Å². The Morgan fingerprint density at radius 1 is 0.250 bits per heavy atom. The summed E-state index contributed by atoms with van der Waals surface area (Å²) in [5.41, 5.74) is 13.7. The maximum absolute atomic E-state index is 6.12. The summed E-state index contributed by atoms with van der Waals surface area (Å²) in [7, 11) is 0. The van der Waals surface area contributed by atoms with Crippen LogP contribution in [0.15, 0.2) is 251 Å². The molecule has 320 valence electrons. The van der Waals surface area contributed by atoms with E-state index in [1.807, 2.05) is 48.5 Å². The Hall–Kier alpha value is -9.26. The Balaban J connectivity index is 0.828. The van der Waals surface area contributed by atoms with Crippen LogP contribution in [0, 0.1) is 0 Å². The third-order valence-corrected chi connectivity index (χ3v) is 12.9. The predicted molar refractivity (Wildman–Crippen MR) is 280 cm³/mol. The molecule has 0 bridgehead atoms. The molecule has 13 rings (SSSR count). The van der Waals surface area contributed by atoms with Gasteiger partial charge in [0.2, 0.25) is 11.8 Å². The van der Waals surface area contributed by atoms with Crippen LogP contribution in [0.4, 0.5) is 34.1 Å². The van der Waals surface area contributed by atoms with Gasteiger partial charge in [-0.25, -0.2) is 9.97 Å². The molecule has 0 saturated carbocycles. The van der Waals surface area contributed by atoms with Crippen molar-refractivity contribution in [1.82, 2.24) is 9.97 Å². The molecule has 68 heavy (non-hydrogen) atoms. The lowest BCUT2D eigenvalue weighted by Crippen LogP contribution is -2.10. The fraction of sp³-hybridized carbons (Fsp3) is 0. The summed E-state index contributed by atoms with van der Waals surface area (Å²) in [5.74, 6) is 1.22. The van der Waals surface area contributed by atoms with Crippen LogP contribution in [0.25, 0.3) is 88.6 Å². The second kappa shape index (κ2) is 16.3. The van der Waals surface area contributed by atoms with E-state index in [-0.39, 0.29) is 0 Å². The van der Waals surface area contributed by atoms with Gasteiger partial charge in [0, 0.05) is 45.3 Å². The van der Waals surface area contributed by atoms with Crippen molar-refractivity contribution in [3.05, 3.63) is 243 Å². The van der Waals surface area contributed by atoms with E-state index in [9.17, 15) is 0 Å². The summed E-state index contributed by atoms with van der Waals surface area (Å²) in [5, 5.41) is 7.09. The molecular weight excluding hydrogens is 833 g/mol. The highest BCUT2D eigenvalue weighted by atomic mass is 16.4. The molecule has 6 heteroatoms. The van der Waals surface area contributed by atoms with Crippen LogP contribution in [-0.2, 0) is 0 Å². The van der Waals surface area contributed by atoms with Crippen LogP contribution in [-0.4, -0.2) is 9.97 Å². The van der Waals surface area contributed by atoms with E-state index in [1.165, 1.54) is 21.5 Å². The molecule has 0 aliphatic heterocycles. The average Bonchev–Trinajstić information content (AvgIpc) is 4.05. The lowest BCUT2D eigenvalue weighted by Gasteiger charge is -2.26. The van der Waals surface area contributed by atoms with Gasteiger partial charge in [-0.15, -0.1) is 0 Å². The molecule has 0 fully saturated rings. The molecule has 0 aliphatic rings. The van der Waals surface area contributed by atoms with Crippen LogP contribution in [0.1, 0.15) is 0 Å². The summed E-state index contributed by atoms with van der Waals surface area (Å²) in [6, 6.07) is 85.3. The van der Waals surface area contributed by atoms with E-state index in [4.69, 9.17) is 18.8 Å². The lowest BCUT2D eigenvalue weighted by atomic mass is 10.00.